The Morgan fingerprint density at radius 3 is 1.12 bits per heavy atom. The number of hydrogen-bond acceptors (Lipinski definition) is 0. The fourth-order valence-corrected chi connectivity index (χ4v) is 0.663. The molecule has 2 rings (SSSR count). The number of halogens is 1. The SMILES string of the molecule is PBr.c1cc2ccc1-2. The van der Waals surface area contributed by atoms with E-state index >= 15 is 0 Å². The first kappa shape index (κ1) is 6.25. The second kappa shape index (κ2) is 2.61. The van der Waals surface area contributed by atoms with Crippen LogP contribution in [0.15, 0.2) is 24.3 Å². The maximum absolute atomic E-state index is 2.85. The Kier molecular flexibility index (Phi) is 2.04. The summed E-state index contributed by atoms with van der Waals surface area (Å²) in [5.41, 5.74) is 2.85. The lowest BCUT2D eigenvalue weighted by Crippen LogP contribution is -1.85. The standard InChI is InChI=1S/C6H4.BrH2P/c1-2-6-4-3-5(1)6;1-2/h1-4H;2H2. The van der Waals surface area contributed by atoms with Gasteiger partial charge in [-0.15, -0.1) is 0 Å². The molecule has 0 aromatic carbocycles. The van der Waals surface area contributed by atoms with E-state index in [2.05, 4.69) is 47.7 Å². The van der Waals surface area contributed by atoms with Crippen molar-refractivity contribution in [2.45, 2.75) is 0 Å². The number of fused-ring (bicyclic) bond motifs is 1. The van der Waals surface area contributed by atoms with Gasteiger partial charge in [-0.05, 0) is 11.1 Å². The van der Waals surface area contributed by atoms with Crippen LogP contribution in [0, 0.1) is 0 Å². The van der Waals surface area contributed by atoms with Crippen molar-refractivity contribution in [3.8, 4) is 11.1 Å². The van der Waals surface area contributed by atoms with E-state index in [-0.39, 0.29) is 0 Å². The van der Waals surface area contributed by atoms with Gasteiger partial charge < -0.3 is 0 Å². The van der Waals surface area contributed by atoms with Crippen LogP contribution in [-0.2, 0) is 0 Å². The Morgan fingerprint density at radius 2 is 1.12 bits per heavy atom. The van der Waals surface area contributed by atoms with Crippen molar-refractivity contribution < 1.29 is 0 Å². The van der Waals surface area contributed by atoms with Gasteiger partial charge in [-0.2, -0.15) is 0 Å². The van der Waals surface area contributed by atoms with Crippen LogP contribution < -0.4 is 0 Å². The maximum atomic E-state index is 2.85. The summed E-state index contributed by atoms with van der Waals surface area (Å²) in [6.45, 7) is 0. The van der Waals surface area contributed by atoms with Crippen LogP contribution in [0.1, 0.15) is 0 Å². The van der Waals surface area contributed by atoms with E-state index < -0.39 is 0 Å². The Hall–Kier alpha value is 0.130. The zero-order valence-electron chi connectivity index (χ0n) is 4.26. The lowest BCUT2D eigenvalue weighted by Gasteiger charge is -2.10. The lowest BCUT2D eigenvalue weighted by molar-refractivity contribution is 1.55. The molecule has 0 radical (unpaired) electrons. The summed E-state index contributed by atoms with van der Waals surface area (Å²) in [6, 6.07) is 8.48. The van der Waals surface area contributed by atoms with Crippen molar-refractivity contribution in [3.05, 3.63) is 24.3 Å². The molecule has 0 saturated carbocycles. The van der Waals surface area contributed by atoms with Crippen LogP contribution in [0.25, 0.3) is 11.1 Å². The summed E-state index contributed by atoms with van der Waals surface area (Å²) >= 11 is 2.85. The highest BCUT2D eigenvalue weighted by atomic mass is 79.9. The lowest BCUT2D eigenvalue weighted by atomic mass is 9.95. The molecule has 0 nitrogen and oxygen atoms in total. The number of rotatable bonds is 0. The van der Waals surface area contributed by atoms with Crippen LogP contribution in [0.5, 0.6) is 0 Å². The van der Waals surface area contributed by atoms with Gasteiger partial charge in [-0.25, -0.2) is 0 Å². The molecular weight excluding hydrogens is 183 g/mol. The molecule has 0 bridgehead atoms. The first-order valence-electron chi connectivity index (χ1n) is 2.29. The predicted molar refractivity (Wildman–Crippen MR) is 44.1 cm³/mol. The Labute approximate surface area is 59.2 Å². The Balaban J connectivity index is 0.000000147. The molecule has 0 heterocycles. The van der Waals surface area contributed by atoms with Gasteiger partial charge >= 0.3 is 0 Å². The summed E-state index contributed by atoms with van der Waals surface area (Å²) < 4.78 is 0. The third-order valence-corrected chi connectivity index (χ3v) is 1.22. The molecule has 42 valence electrons. The average Bonchev–Trinajstić information content (AvgIpc) is 1.83. The van der Waals surface area contributed by atoms with Crippen LogP contribution in [-0.4, -0.2) is 0 Å². The first-order chi connectivity index (χ1) is 3.97. The highest BCUT2D eigenvalue weighted by Gasteiger charge is 2.03. The van der Waals surface area contributed by atoms with Crippen LogP contribution in [0.3, 0.4) is 0 Å². The van der Waals surface area contributed by atoms with E-state index in [9.17, 15) is 0 Å². The second-order valence-corrected chi connectivity index (χ2v) is 1.58. The zero-order chi connectivity index (χ0) is 5.98. The van der Waals surface area contributed by atoms with Gasteiger partial charge in [0, 0.05) is 0 Å². The minimum atomic E-state index is 1.43. The molecule has 0 saturated heterocycles. The molecule has 1 atom stereocenters. The number of hydrogen-bond donors (Lipinski definition) is 0. The first-order valence-corrected chi connectivity index (χ1v) is 5.47. The van der Waals surface area contributed by atoms with Gasteiger partial charge in [0.1, 0.15) is 0 Å². The number of benzene rings is 1. The van der Waals surface area contributed by atoms with Gasteiger partial charge in [-0.3, -0.25) is 0 Å². The van der Waals surface area contributed by atoms with Crippen molar-refractivity contribution in [2.24, 2.45) is 0 Å². The smallest absolute Gasteiger partial charge is 0.0184 e. The molecule has 0 aromatic heterocycles. The van der Waals surface area contributed by atoms with E-state index in [0.717, 1.165) is 0 Å². The van der Waals surface area contributed by atoms with Crippen LogP contribution in [0.4, 0.5) is 0 Å². The molecule has 0 aromatic rings. The Bertz CT molecular complexity index is 147. The summed E-state index contributed by atoms with van der Waals surface area (Å²) in [5, 5.41) is 0. The molecule has 8 heavy (non-hydrogen) atoms. The van der Waals surface area contributed by atoms with Crippen molar-refractivity contribution in [1.82, 2.24) is 0 Å². The van der Waals surface area contributed by atoms with E-state index in [1.54, 1.807) is 0 Å². The average molecular weight is 189 g/mol. The van der Waals surface area contributed by atoms with Crippen LogP contribution >= 0.6 is 23.4 Å². The highest BCUT2D eigenvalue weighted by Crippen LogP contribution is 2.29. The Morgan fingerprint density at radius 1 is 0.875 bits per heavy atom. The van der Waals surface area contributed by atoms with Crippen molar-refractivity contribution >= 4 is 23.4 Å². The zero-order valence-corrected chi connectivity index (χ0v) is 7.01. The van der Waals surface area contributed by atoms with E-state index in [1.807, 2.05) is 0 Å². The fraction of sp³-hybridized carbons (Fsp3) is 0. The quantitative estimate of drug-likeness (QED) is 0.559. The molecule has 0 N–H and O–H groups in total. The van der Waals surface area contributed by atoms with Gasteiger partial charge in [0.05, 0.1) is 0 Å². The molecule has 0 aliphatic heterocycles. The minimum Gasteiger partial charge on any atom is -0.0679 e. The van der Waals surface area contributed by atoms with Crippen molar-refractivity contribution in [2.75, 3.05) is 0 Å². The molecule has 0 amide bonds. The summed E-state index contributed by atoms with van der Waals surface area (Å²) in [5.74, 6) is 0. The fourth-order valence-electron chi connectivity index (χ4n) is 0.663. The van der Waals surface area contributed by atoms with Crippen molar-refractivity contribution in [1.29, 1.82) is 0 Å². The normalized spacial score (nSPS) is 9.25. The minimum absolute atomic E-state index is 1.43. The summed E-state index contributed by atoms with van der Waals surface area (Å²) in [6.07, 6.45) is 0. The molecule has 2 aliphatic rings. The van der Waals surface area contributed by atoms with Crippen LogP contribution in [0.2, 0.25) is 0 Å². The van der Waals surface area contributed by atoms with Gasteiger partial charge in [-0.1, -0.05) is 47.7 Å². The highest BCUT2D eigenvalue weighted by molar-refractivity contribution is 9.34. The monoisotopic (exact) mass is 188 g/mol. The van der Waals surface area contributed by atoms with E-state index in [0.29, 0.717) is 0 Å². The third kappa shape index (κ3) is 0.808. The topological polar surface area (TPSA) is 0 Å². The van der Waals surface area contributed by atoms with Gasteiger partial charge in [0.15, 0.2) is 0 Å². The molecule has 1 unspecified atom stereocenters. The summed E-state index contributed by atoms with van der Waals surface area (Å²) in [4.78, 5) is 0. The molecule has 0 fully saturated rings. The largest absolute Gasteiger partial charge is 0.0679 e. The summed E-state index contributed by atoms with van der Waals surface area (Å²) in [7, 11) is 2.23. The second-order valence-electron chi connectivity index (χ2n) is 1.58. The predicted octanol–water partition coefficient (Wildman–Crippen LogP) is 2.84. The van der Waals surface area contributed by atoms with Gasteiger partial charge in [0.25, 0.3) is 0 Å². The van der Waals surface area contributed by atoms with E-state index in [4.69, 9.17) is 0 Å². The van der Waals surface area contributed by atoms with E-state index in [1.165, 1.54) is 11.1 Å². The maximum Gasteiger partial charge on any atom is -0.0184 e. The van der Waals surface area contributed by atoms with Crippen molar-refractivity contribution in [3.63, 3.8) is 0 Å². The molecule has 2 heteroatoms. The molecule has 0 spiro atoms. The molecular formula is C6H6BrP. The third-order valence-electron chi connectivity index (χ3n) is 1.22. The van der Waals surface area contributed by atoms with Gasteiger partial charge in [0.2, 0.25) is 0 Å². The molecule has 2 aliphatic carbocycles.